The molecule has 0 amide bonds. The number of nitrogens with zero attached hydrogens (tertiary/aromatic N) is 2. The fourth-order valence-electron chi connectivity index (χ4n) is 2.50. The van der Waals surface area contributed by atoms with E-state index < -0.39 is 12.1 Å². The van der Waals surface area contributed by atoms with Gasteiger partial charge in [-0.2, -0.15) is 13.2 Å². The van der Waals surface area contributed by atoms with Gasteiger partial charge < -0.3 is 5.32 Å². The summed E-state index contributed by atoms with van der Waals surface area (Å²) in [4.78, 5) is 8.45. The summed E-state index contributed by atoms with van der Waals surface area (Å²) in [6.07, 6.45) is -2.22. The van der Waals surface area contributed by atoms with E-state index in [-0.39, 0.29) is 12.8 Å². The van der Waals surface area contributed by atoms with Gasteiger partial charge in [0.15, 0.2) is 0 Å². The van der Waals surface area contributed by atoms with Crippen LogP contribution in [0.3, 0.4) is 0 Å². The van der Waals surface area contributed by atoms with Crippen LogP contribution in [0, 0.1) is 5.92 Å². The standard InChI is InChI=1S/C15H14F3N3/c16-15(17,18)11-6-7-13-10(8-11)9-19-14(21-13)20-12-4-2-1-3-5-12/h1-5,9,11H,6-8H2,(H,19,20,21). The van der Waals surface area contributed by atoms with Crippen molar-refractivity contribution in [2.75, 3.05) is 5.32 Å². The Labute approximate surface area is 120 Å². The maximum absolute atomic E-state index is 12.7. The molecule has 2 aromatic rings. The molecule has 1 atom stereocenters. The van der Waals surface area contributed by atoms with Crippen molar-refractivity contribution in [3.63, 3.8) is 0 Å². The zero-order valence-electron chi connectivity index (χ0n) is 11.2. The van der Waals surface area contributed by atoms with Crippen LogP contribution in [0.4, 0.5) is 24.8 Å². The quantitative estimate of drug-likeness (QED) is 0.913. The Kier molecular flexibility index (Phi) is 3.53. The summed E-state index contributed by atoms with van der Waals surface area (Å²) in [5.74, 6) is -0.855. The third kappa shape index (κ3) is 3.15. The van der Waals surface area contributed by atoms with Gasteiger partial charge in [-0.1, -0.05) is 18.2 Å². The van der Waals surface area contributed by atoms with Crippen molar-refractivity contribution in [1.29, 1.82) is 0 Å². The van der Waals surface area contributed by atoms with Gasteiger partial charge in [0.05, 0.1) is 5.92 Å². The highest BCUT2D eigenvalue weighted by atomic mass is 19.4. The van der Waals surface area contributed by atoms with Gasteiger partial charge in [0.2, 0.25) is 5.95 Å². The number of alkyl halides is 3. The average molecular weight is 293 g/mol. The first-order chi connectivity index (χ1) is 10.0. The predicted octanol–water partition coefficient (Wildman–Crippen LogP) is 3.89. The number of hydrogen-bond acceptors (Lipinski definition) is 3. The van der Waals surface area contributed by atoms with E-state index in [2.05, 4.69) is 15.3 Å². The Morgan fingerprint density at radius 2 is 1.90 bits per heavy atom. The van der Waals surface area contributed by atoms with Gasteiger partial charge in [-0.05, 0) is 37.0 Å². The van der Waals surface area contributed by atoms with Gasteiger partial charge in [0.25, 0.3) is 0 Å². The van der Waals surface area contributed by atoms with Crippen molar-refractivity contribution >= 4 is 11.6 Å². The molecule has 21 heavy (non-hydrogen) atoms. The lowest BCUT2D eigenvalue weighted by molar-refractivity contribution is -0.177. The number of para-hydroxylation sites is 1. The third-order valence-corrected chi connectivity index (χ3v) is 3.64. The highest BCUT2D eigenvalue weighted by Gasteiger charge is 2.41. The molecule has 0 radical (unpaired) electrons. The van der Waals surface area contributed by atoms with E-state index in [4.69, 9.17) is 0 Å². The minimum absolute atomic E-state index is 0.0234. The SMILES string of the molecule is FC(F)(F)C1CCc2nc(Nc3ccccc3)ncc2C1. The van der Waals surface area contributed by atoms with Gasteiger partial charge in [0, 0.05) is 17.6 Å². The summed E-state index contributed by atoms with van der Waals surface area (Å²) < 4.78 is 38.2. The molecule has 1 aromatic heterocycles. The number of hydrogen-bond donors (Lipinski definition) is 1. The first-order valence-electron chi connectivity index (χ1n) is 6.76. The first-order valence-corrected chi connectivity index (χ1v) is 6.76. The zero-order chi connectivity index (χ0) is 14.9. The molecule has 6 heteroatoms. The highest BCUT2D eigenvalue weighted by molar-refractivity contribution is 5.52. The van der Waals surface area contributed by atoms with Crippen LogP contribution in [0.1, 0.15) is 17.7 Å². The summed E-state index contributed by atoms with van der Waals surface area (Å²) in [6.45, 7) is 0. The molecule has 1 N–H and O–H groups in total. The van der Waals surface area contributed by atoms with Crippen molar-refractivity contribution in [2.24, 2.45) is 5.92 Å². The van der Waals surface area contributed by atoms with Gasteiger partial charge in [-0.3, -0.25) is 0 Å². The minimum Gasteiger partial charge on any atom is -0.324 e. The number of anilines is 2. The molecule has 1 aliphatic rings. The second-order valence-corrected chi connectivity index (χ2v) is 5.14. The molecule has 110 valence electrons. The van der Waals surface area contributed by atoms with Crippen LogP contribution >= 0.6 is 0 Å². The fourth-order valence-corrected chi connectivity index (χ4v) is 2.50. The molecule has 0 spiro atoms. The normalized spacial score (nSPS) is 18.1. The van der Waals surface area contributed by atoms with Crippen molar-refractivity contribution in [3.8, 4) is 0 Å². The van der Waals surface area contributed by atoms with E-state index in [0.717, 1.165) is 5.69 Å². The predicted molar refractivity (Wildman–Crippen MR) is 73.3 cm³/mol. The maximum atomic E-state index is 12.7. The molecule has 1 aliphatic carbocycles. The smallest absolute Gasteiger partial charge is 0.324 e. The molecule has 0 bridgehead atoms. The lowest BCUT2D eigenvalue weighted by Gasteiger charge is -2.25. The van der Waals surface area contributed by atoms with Crippen LogP contribution in [-0.2, 0) is 12.8 Å². The molecular formula is C15H14F3N3. The summed E-state index contributed by atoms with van der Waals surface area (Å²) in [5, 5.41) is 3.05. The largest absolute Gasteiger partial charge is 0.392 e. The van der Waals surface area contributed by atoms with Crippen LogP contribution in [0.2, 0.25) is 0 Å². The Bertz CT molecular complexity index is 626. The lowest BCUT2D eigenvalue weighted by Crippen LogP contribution is -2.29. The van der Waals surface area contributed by atoms with Gasteiger partial charge in [-0.25, -0.2) is 9.97 Å². The molecular weight excluding hydrogens is 279 g/mol. The average Bonchev–Trinajstić information content (AvgIpc) is 2.47. The van der Waals surface area contributed by atoms with E-state index in [1.807, 2.05) is 30.3 Å². The number of aromatic nitrogens is 2. The molecule has 0 aliphatic heterocycles. The van der Waals surface area contributed by atoms with E-state index in [0.29, 0.717) is 23.6 Å². The van der Waals surface area contributed by atoms with E-state index in [1.54, 1.807) is 0 Å². The number of halogens is 3. The summed E-state index contributed by atoms with van der Waals surface area (Å²) in [7, 11) is 0. The zero-order valence-corrected chi connectivity index (χ0v) is 11.2. The third-order valence-electron chi connectivity index (χ3n) is 3.64. The molecule has 1 unspecified atom stereocenters. The number of nitrogens with one attached hydrogen (secondary N) is 1. The molecule has 3 rings (SSSR count). The highest BCUT2D eigenvalue weighted by Crippen LogP contribution is 2.36. The second kappa shape index (κ2) is 5.35. The second-order valence-electron chi connectivity index (χ2n) is 5.14. The van der Waals surface area contributed by atoms with Crippen molar-refractivity contribution in [3.05, 3.63) is 47.8 Å². The Morgan fingerprint density at radius 1 is 1.14 bits per heavy atom. The van der Waals surface area contributed by atoms with E-state index in [1.165, 1.54) is 6.20 Å². The van der Waals surface area contributed by atoms with Crippen molar-refractivity contribution < 1.29 is 13.2 Å². The van der Waals surface area contributed by atoms with Gasteiger partial charge >= 0.3 is 6.18 Å². The molecule has 3 nitrogen and oxygen atoms in total. The first kappa shape index (κ1) is 13.9. The lowest BCUT2D eigenvalue weighted by atomic mass is 9.87. The number of fused-ring (bicyclic) bond motifs is 1. The summed E-state index contributed by atoms with van der Waals surface area (Å²) >= 11 is 0. The Balaban J connectivity index is 1.78. The van der Waals surface area contributed by atoms with Crippen LogP contribution in [0.15, 0.2) is 36.5 Å². The monoisotopic (exact) mass is 293 g/mol. The summed E-state index contributed by atoms with van der Waals surface area (Å²) in [5.41, 5.74) is 2.16. The van der Waals surface area contributed by atoms with Crippen molar-refractivity contribution in [2.45, 2.75) is 25.4 Å². The Morgan fingerprint density at radius 3 is 2.62 bits per heavy atom. The summed E-state index contributed by atoms with van der Waals surface area (Å²) in [6, 6.07) is 9.42. The molecule has 0 fully saturated rings. The fraction of sp³-hybridized carbons (Fsp3) is 0.333. The van der Waals surface area contributed by atoms with Crippen LogP contribution in [-0.4, -0.2) is 16.1 Å². The maximum Gasteiger partial charge on any atom is 0.392 e. The minimum atomic E-state index is -4.14. The molecule has 0 saturated heterocycles. The number of benzene rings is 1. The van der Waals surface area contributed by atoms with Gasteiger partial charge in [0.1, 0.15) is 0 Å². The van der Waals surface area contributed by atoms with Crippen LogP contribution < -0.4 is 5.32 Å². The Hall–Kier alpha value is -2.11. The topological polar surface area (TPSA) is 37.8 Å². The van der Waals surface area contributed by atoms with Crippen LogP contribution in [0.25, 0.3) is 0 Å². The van der Waals surface area contributed by atoms with Gasteiger partial charge in [-0.15, -0.1) is 0 Å². The molecule has 1 heterocycles. The van der Waals surface area contributed by atoms with E-state index in [9.17, 15) is 13.2 Å². The molecule has 0 saturated carbocycles. The number of rotatable bonds is 2. The van der Waals surface area contributed by atoms with Crippen LogP contribution in [0.5, 0.6) is 0 Å². The molecule has 1 aromatic carbocycles. The number of aryl methyl sites for hydroxylation is 1. The van der Waals surface area contributed by atoms with Crippen molar-refractivity contribution in [1.82, 2.24) is 9.97 Å². The van der Waals surface area contributed by atoms with E-state index >= 15 is 0 Å².